The number of halogens is 3. The first kappa shape index (κ1) is 13.8. The number of carboxylic acids is 1. The Morgan fingerprint density at radius 3 is 2.06 bits per heavy atom. The summed E-state index contributed by atoms with van der Waals surface area (Å²) in [7, 11) is 0. The molecule has 1 rings (SSSR count). The van der Waals surface area contributed by atoms with Gasteiger partial charge in [-0.15, -0.1) is 0 Å². The van der Waals surface area contributed by atoms with Gasteiger partial charge in [0.1, 0.15) is 12.0 Å². The quantitative estimate of drug-likeness (QED) is 0.775. The molecule has 1 amide bonds. The molecule has 1 fully saturated rings. The summed E-state index contributed by atoms with van der Waals surface area (Å²) < 4.78 is 36.9. The second kappa shape index (κ2) is 4.19. The summed E-state index contributed by atoms with van der Waals surface area (Å²) in [6.45, 7) is 1.46. The summed E-state index contributed by atoms with van der Waals surface area (Å²) in [6, 6.07) is -0.680. The summed E-state index contributed by atoms with van der Waals surface area (Å²) in [5.41, 5.74) is -1.62. The average Bonchev–Trinajstić information content (AvgIpc) is 2.91. The van der Waals surface area contributed by atoms with E-state index in [9.17, 15) is 22.8 Å². The third-order valence-electron chi connectivity index (χ3n) is 2.80. The molecule has 0 aliphatic heterocycles. The number of aliphatic carboxylic acids is 1. The SMILES string of the molecule is CC(C)N(CC(F)(F)F)C(=O)C1(C(=O)O)CC1. The molecule has 1 N–H and O–H groups in total. The molecule has 0 aromatic rings. The normalized spacial score (nSPS) is 18.0. The maximum absolute atomic E-state index is 12.3. The van der Waals surface area contributed by atoms with Gasteiger partial charge in [0.25, 0.3) is 0 Å². The number of carboxylic acid groups (broad SMARTS) is 1. The number of rotatable bonds is 4. The van der Waals surface area contributed by atoms with Crippen molar-refractivity contribution in [2.45, 2.75) is 38.9 Å². The van der Waals surface area contributed by atoms with Gasteiger partial charge in [0, 0.05) is 6.04 Å². The Hall–Kier alpha value is -1.27. The second-order valence-corrected chi connectivity index (χ2v) is 4.53. The number of carbonyl (C=O) groups excluding carboxylic acids is 1. The molecular weight excluding hydrogens is 239 g/mol. The van der Waals surface area contributed by atoms with E-state index in [1.54, 1.807) is 0 Å². The van der Waals surface area contributed by atoms with Crippen molar-refractivity contribution >= 4 is 11.9 Å². The van der Waals surface area contributed by atoms with Crippen LogP contribution in [0.4, 0.5) is 13.2 Å². The Labute approximate surface area is 96.4 Å². The van der Waals surface area contributed by atoms with Crippen molar-refractivity contribution in [1.82, 2.24) is 4.90 Å². The average molecular weight is 253 g/mol. The van der Waals surface area contributed by atoms with E-state index in [4.69, 9.17) is 5.11 Å². The van der Waals surface area contributed by atoms with Crippen molar-refractivity contribution in [2.75, 3.05) is 6.54 Å². The summed E-state index contributed by atoms with van der Waals surface area (Å²) in [6.07, 6.45) is -4.29. The van der Waals surface area contributed by atoms with Crippen LogP contribution in [0.25, 0.3) is 0 Å². The van der Waals surface area contributed by atoms with Crippen LogP contribution in [0, 0.1) is 5.41 Å². The van der Waals surface area contributed by atoms with Crippen molar-refractivity contribution in [2.24, 2.45) is 5.41 Å². The van der Waals surface area contributed by atoms with Crippen molar-refractivity contribution in [3.05, 3.63) is 0 Å². The van der Waals surface area contributed by atoms with E-state index in [0.29, 0.717) is 4.90 Å². The fourth-order valence-corrected chi connectivity index (χ4v) is 1.60. The van der Waals surface area contributed by atoms with E-state index in [-0.39, 0.29) is 12.8 Å². The Balaban J connectivity index is 2.86. The Bertz CT molecular complexity index is 334. The van der Waals surface area contributed by atoms with Crippen LogP contribution in [0.15, 0.2) is 0 Å². The van der Waals surface area contributed by atoms with E-state index < -0.39 is 36.1 Å². The van der Waals surface area contributed by atoms with Gasteiger partial charge in [0.2, 0.25) is 5.91 Å². The monoisotopic (exact) mass is 253 g/mol. The first-order valence-electron chi connectivity index (χ1n) is 5.21. The molecular formula is C10H14F3NO3. The lowest BCUT2D eigenvalue weighted by Crippen LogP contribution is -2.48. The molecule has 0 bridgehead atoms. The number of nitrogens with zero attached hydrogens (tertiary/aromatic N) is 1. The molecule has 0 aromatic heterocycles. The molecule has 0 heterocycles. The third-order valence-corrected chi connectivity index (χ3v) is 2.80. The lowest BCUT2D eigenvalue weighted by atomic mass is 10.0. The van der Waals surface area contributed by atoms with Crippen LogP contribution in [-0.2, 0) is 9.59 Å². The van der Waals surface area contributed by atoms with Gasteiger partial charge in [-0.05, 0) is 26.7 Å². The molecule has 0 atom stereocenters. The lowest BCUT2D eigenvalue weighted by molar-refractivity contribution is -0.172. The molecule has 4 nitrogen and oxygen atoms in total. The van der Waals surface area contributed by atoms with Gasteiger partial charge in [0.15, 0.2) is 0 Å². The minimum atomic E-state index is -4.52. The topological polar surface area (TPSA) is 57.6 Å². The van der Waals surface area contributed by atoms with Crippen molar-refractivity contribution in [3.63, 3.8) is 0 Å². The predicted octanol–water partition coefficient (Wildman–Crippen LogP) is 1.65. The van der Waals surface area contributed by atoms with Gasteiger partial charge < -0.3 is 10.0 Å². The molecule has 7 heteroatoms. The molecule has 0 radical (unpaired) electrons. The second-order valence-electron chi connectivity index (χ2n) is 4.53. The van der Waals surface area contributed by atoms with Gasteiger partial charge in [-0.25, -0.2) is 0 Å². The summed E-state index contributed by atoms with van der Waals surface area (Å²) in [5.74, 6) is -2.27. The zero-order valence-corrected chi connectivity index (χ0v) is 9.54. The fourth-order valence-electron chi connectivity index (χ4n) is 1.60. The van der Waals surface area contributed by atoms with Crippen molar-refractivity contribution in [1.29, 1.82) is 0 Å². The molecule has 17 heavy (non-hydrogen) atoms. The first-order valence-corrected chi connectivity index (χ1v) is 5.21. The molecule has 0 spiro atoms. The van der Waals surface area contributed by atoms with Gasteiger partial charge in [0.05, 0.1) is 0 Å². The fraction of sp³-hybridized carbons (Fsp3) is 0.800. The van der Waals surface area contributed by atoms with Gasteiger partial charge in [-0.2, -0.15) is 13.2 Å². The van der Waals surface area contributed by atoms with Gasteiger partial charge in [-0.1, -0.05) is 0 Å². The van der Waals surface area contributed by atoms with Gasteiger partial charge >= 0.3 is 12.1 Å². The van der Waals surface area contributed by atoms with E-state index >= 15 is 0 Å². The highest BCUT2D eigenvalue weighted by Crippen LogP contribution is 2.48. The highest BCUT2D eigenvalue weighted by Gasteiger charge is 2.59. The Kier molecular flexibility index (Phi) is 3.40. The minimum Gasteiger partial charge on any atom is -0.480 e. The molecule has 0 unspecified atom stereocenters. The highest BCUT2D eigenvalue weighted by molar-refractivity contribution is 6.04. The van der Waals surface area contributed by atoms with Crippen LogP contribution >= 0.6 is 0 Å². The summed E-state index contributed by atoms with van der Waals surface area (Å²) >= 11 is 0. The van der Waals surface area contributed by atoms with Crippen LogP contribution in [0.1, 0.15) is 26.7 Å². The van der Waals surface area contributed by atoms with E-state index in [2.05, 4.69) is 0 Å². The zero-order chi connectivity index (χ0) is 13.4. The van der Waals surface area contributed by atoms with Crippen LogP contribution < -0.4 is 0 Å². The third kappa shape index (κ3) is 2.89. The first-order chi connectivity index (χ1) is 7.60. The molecule has 0 saturated heterocycles. The minimum absolute atomic E-state index is 0.113. The zero-order valence-electron chi connectivity index (χ0n) is 9.54. The van der Waals surface area contributed by atoms with Crippen LogP contribution in [0.2, 0.25) is 0 Å². The summed E-state index contributed by atoms with van der Waals surface area (Å²) in [4.78, 5) is 23.3. The summed E-state index contributed by atoms with van der Waals surface area (Å²) in [5, 5.41) is 8.87. The number of carbonyl (C=O) groups is 2. The number of alkyl halides is 3. The smallest absolute Gasteiger partial charge is 0.406 e. The molecule has 1 saturated carbocycles. The van der Waals surface area contributed by atoms with Gasteiger partial charge in [-0.3, -0.25) is 9.59 Å². The Morgan fingerprint density at radius 1 is 1.35 bits per heavy atom. The molecule has 1 aliphatic rings. The molecule has 0 aromatic carbocycles. The van der Waals surface area contributed by atoms with Crippen LogP contribution in [-0.4, -0.2) is 40.6 Å². The van der Waals surface area contributed by atoms with E-state index in [1.807, 2.05) is 0 Å². The largest absolute Gasteiger partial charge is 0.480 e. The predicted molar refractivity (Wildman–Crippen MR) is 52.2 cm³/mol. The Morgan fingerprint density at radius 2 is 1.82 bits per heavy atom. The van der Waals surface area contributed by atoms with Crippen LogP contribution in [0.3, 0.4) is 0 Å². The lowest BCUT2D eigenvalue weighted by Gasteiger charge is -2.30. The van der Waals surface area contributed by atoms with E-state index in [0.717, 1.165) is 0 Å². The van der Waals surface area contributed by atoms with Crippen LogP contribution in [0.5, 0.6) is 0 Å². The number of hydrogen-bond donors (Lipinski definition) is 1. The van der Waals surface area contributed by atoms with Crippen molar-refractivity contribution in [3.8, 4) is 0 Å². The molecule has 1 aliphatic carbocycles. The standard InChI is InChI=1S/C10H14F3NO3/c1-6(2)14(5-10(11,12)13)7(15)9(3-4-9)8(16)17/h6H,3-5H2,1-2H3,(H,16,17). The van der Waals surface area contributed by atoms with Crippen molar-refractivity contribution < 1.29 is 27.9 Å². The maximum Gasteiger partial charge on any atom is 0.406 e. The number of amides is 1. The van der Waals surface area contributed by atoms with E-state index in [1.165, 1.54) is 13.8 Å². The highest BCUT2D eigenvalue weighted by atomic mass is 19.4. The number of hydrogen-bond acceptors (Lipinski definition) is 2. The maximum atomic E-state index is 12.3. The molecule has 98 valence electrons.